The number of rotatable bonds is 5. The van der Waals surface area contributed by atoms with Gasteiger partial charge in [0, 0.05) is 17.1 Å². The van der Waals surface area contributed by atoms with E-state index in [2.05, 4.69) is 20.7 Å². The Morgan fingerprint density at radius 2 is 2.17 bits per heavy atom. The first-order chi connectivity index (χ1) is 8.45. The second-order valence-electron chi connectivity index (χ2n) is 4.35. The molecule has 100 valence electrons. The van der Waals surface area contributed by atoms with Crippen molar-refractivity contribution in [1.29, 1.82) is 0 Å². The third kappa shape index (κ3) is 3.05. The molecule has 1 atom stereocenters. The quantitative estimate of drug-likeness (QED) is 0.851. The molecule has 0 saturated heterocycles. The molecule has 0 heterocycles. The molecule has 1 fully saturated rings. The lowest BCUT2D eigenvalue weighted by atomic mass is 10.2. The molecular formula is C11H14BrClN2O2S. The first-order valence-corrected chi connectivity index (χ1v) is 8.27. The predicted octanol–water partition coefficient (Wildman–Crippen LogP) is 2.12. The van der Waals surface area contributed by atoms with Gasteiger partial charge in [-0.1, -0.05) is 17.7 Å². The third-order valence-electron chi connectivity index (χ3n) is 2.96. The summed E-state index contributed by atoms with van der Waals surface area (Å²) in [6.45, 7) is 0.301. The van der Waals surface area contributed by atoms with Gasteiger partial charge in [0.25, 0.3) is 0 Å². The van der Waals surface area contributed by atoms with E-state index in [-0.39, 0.29) is 16.0 Å². The van der Waals surface area contributed by atoms with Crippen LogP contribution >= 0.6 is 27.5 Å². The van der Waals surface area contributed by atoms with Crippen LogP contribution in [-0.4, -0.2) is 21.0 Å². The van der Waals surface area contributed by atoms with Crippen LogP contribution in [0.25, 0.3) is 0 Å². The van der Waals surface area contributed by atoms with Crippen molar-refractivity contribution in [2.75, 3.05) is 6.54 Å². The van der Waals surface area contributed by atoms with Crippen LogP contribution in [0.2, 0.25) is 5.02 Å². The normalized spacial score (nSPS) is 17.7. The molecule has 3 N–H and O–H groups in total. The fraction of sp³-hybridized carbons (Fsp3) is 0.455. The molecule has 0 amide bonds. The van der Waals surface area contributed by atoms with Gasteiger partial charge in [0.15, 0.2) is 0 Å². The molecule has 0 aliphatic heterocycles. The molecule has 0 spiro atoms. The monoisotopic (exact) mass is 352 g/mol. The summed E-state index contributed by atoms with van der Waals surface area (Å²) in [5, 5.41) is 0.191. The van der Waals surface area contributed by atoms with E-state index in [1.54, 1.807) is 12.1 Å². The Morgan fingerprint density at radius 1 is 1.50 bits per heavy atom. The van der Waals surface area contributed by atoms with E-state index in [1.807, 2.05) is 0 Å². The number of hydrogen-bond donors (Lipinski definition) is 2. The smallest absolute Gasteiger partial charge is 0.242 e. The van der Waals surface area contributed by atoms with E-state index in [9.17, 15) is 8.42 Å². The molecule has 1 saturated carbocycles. The fourth-order valence-electron chi connectivity index (χ4n) is 1.79. The van der Waals surface area contributed by atoms with Gasteiger partial charge in [-0.2, -0.15) is 0 Å². The Morgan fingerprint density at radius 3 is 2.72 bits per heavy atom. The minimum Gasteiger partial charge on any atom is -0.329 e. The zero-order valence-electron chi connectivity index (χ0n) is 9.57. The molecule has 0 aromatic heterocycles. The van der Waals surface area contributed by atoms with Gasteiger partial charge < -0.3 is 5.73 Å². The van der Waals surface area contributed by atoms with E-state index in [1.165, 1.54) is 6.07 Å². The highest BCUT2D eigenvalue weighted by molar-refractivity contribution is 9.10. The van der Waals surface area contributed by atoms with Gasteiger partial charge in [-0.25, -0.2) is 13.1 Å². The summed E-state index contributed by atoms with van der Waals surface area (Å²) < 4.78 is 27.7. The minimum absolute atomic E-state index is 0.0811. The molecule has 1 aromatic rings. The second kappa shape index (κ2) is 5.46. The summed E-state index contributed by atoms with van der Waals surface area (Å²) in [5.74, 6) is 0.357. The molecule has 4 nitrogen and oxygen atoms in total. The van der Waals surface area contributed by atoms with Gasteiger partial charge >= 0.3 is 0 Å². The number of benzene rings is 1. The Bertz CT molecular complexity index is 546. The van der Waals surface area contributed by atoms with E-state index in [4.69, 9.17) is 17.3 Å². The number of sulfonamides is 1. The molecule has 18 heavy (non-hydrogen) atoms. The highest BCUT2D eigenvalue weighted by atomic mass is 79.9. The van der Waals surface area contributed by atoms with Gasteiger partial charge in [-0.15, -0.1) is 0 Å². The summed E-state index contributed by atoms with van der Waals surface area (Å²) in [5.41, 5.74) is 5.60. The first-order valence-electron chi connectivity index (χ1n) is 5.62. The molecule has 1 aliphatic rings. The van der Waals surface area contributed by atoms with Crippen LogP contribution in [0.3, 0.4) is 0 Å². The standard InChI is InChI=1S/C11H14BrClN2O2S/c12-8-2-1-3-10(11(8)13)18(16,17)15-9(6-14)7-4-5-7/h1-3,7,9,15H,4-6,14H2. The van der Waals surface area contributed by atoms with Crippen molar-refractivity contribution in [1.82, 2.24) is 4.72 Å². The summed E-state index contributed by atoms with van der Waals surface area (Å²) >= 11 is 9.22. The van der Waals surface area contributed by atoms with Crippen LogP contribution < -0.4 is 10.5 Å². The highest BCUT2D eigenvalue weighted by Crippen LogP contribution is 2.34. The van der Waals surface area contributed by atoms with Crippen molar-refractivity contribution in [3.8, 4) is 0 Å². The molecule has 7 heteroatoms. The molecule has 1 aliphatic carbocycles. The van der Waals surface area contributed by atoms with E-state index in [0.29, 0.717) is 16.9 Å². The topological polar surface area (TPSA) is 72.2 Å². The number of nitrogens with two attached hydrogens (primary N) is 1. The average Bonchev–Trinajstić information content (AvgIpc) is 3.13. The second-order valence-corrected chi connectivity index (χ2v) is 7.27. The Labute approximate surface area is 120 Å². The van der Waals surface area contributed by atoms with Crippen molar-refractivity contribution >= 4 is 37.6 Å². The summed E-state index contributed by atoms with van der Waals surface area (Å²) in [6.07, 6.45) is 2.05. The highest BCUT2D eigenvalue weighted by Gasteiger charge is 2.34. The first kappa shape index (κ1) is 14.3. The van der Waals surface area contributed by atoms with Crippen LogP contribution in [0.5, 0.6) is 0 Å². The van der Waals surface area contributed by atoms with Gasteiger partial charge in [0.05, 0.1) is 5.02 Å². The van der Waals surface area contributed by atoms with Gasteiger partial charge in [0.1, 0.15) is 4.90 Å². The van der Waals surface area contributed by atoms with Crippen LogP contribution in [-0.2, 0) is 10.0 Å². The number of halogens is 2. The largest absolute Gasteiger partial charge is 0.329 e. The fourth-order valence-corrected chi connectivity index (χ4v) is 4.14. The zero-order valence-corrected chi connectivity index (χ0v) is 12.7. The Kier molecular flexibility index (Phi) is 4.33. The molecule has 0 radical (unpaired) electrons. The van der Waals surface area contributed by atoms with Gasteiger partial charge in [-0.3, -0.25) is 0 Å². The lowest BCUT2D eigenvalue weighted by Crippen LogP contribution is -2.41. The number of hydrogen-bond acceptors (Lipinski definition) is 3. The molecule has 2 rings (SSSR count). The summed E-state index contributed by atoms with van der Waals surface area (Å²) in [6, 6.07) is 4.61. The van der Waals surface area contributed by atoms with Crippen molar-refractivity contribution in [2.24, 2.45) is 11.7 Å². The molecule has 1 unspecified atom stereocenters. The maximum absolute atomic E-state index is 12.2. The third-order valence-corrected chi connectivity index (χ3v) is 5.90. The average molecular weight is 354 g/mol. The molecular weight excluding hydrogens is 340 g/mol. The SMILES string of the molecule is NCC(NS(=O)(=O)c1cccc(Br)c1Cl)C1CC1. The molecule has 0 bridgehead atoms. The maximum atomic E-state index is 12.2. The lowest BCUT2D eigenvalue weighted by molar-refractivity contribution is 0.519. The lowest BCUT2D eigenvalue weighted by Gasteiger charge is -2.17. The maximum Gasteiger partial charge on any atom is 0.242 e. The summed E-state index contributed by atoms with van der Waals surface area (Å²) in [7, 11) is -3.62. The van der Waals surface area contributed by atoms with Gasteiger partial charge in [0.2, 0.25) is 10.0 Å². The van der Waals surface area contributed by atoms with E-state index >= 15 is 0 Å². The van der Waals surface area contributed by atoms with Crippen molar-refractivity contribution < 1.29 is 8.42 Å². The Balaban J connectivity index is 2.27. The van der Waals surface area contributed by atoms with Crippen LogP contribution in [0, 0.1) is 5.92 Å². The summed E-state index contributed by atoms with van der Waals surface area (Å²) in [4.78, 5) is 0.0811. The van der Waals surface area contributed by atoms with Crippen molar-refractivity contribution in [3.05, 3.63) is 27.7 Å². The van der Waals surface area contributed by atoms with Crippen LogP contribution in [0.4, 0.5) is 0 Å². The van der Waals surface area contributed by atoms with Crippen molar-refractivity contribution in [2.45, 2.75) is 23.8 Å². The predicted molar refractivity (Wildman–Crippen MR) is 75.0 cm³/mol. The molecule has 1 aromatic carbocycles. The van der Waals surface area contributed by atoms with Crippen LogP contribution in [0.15, 0.2) is 27.6 Å². The zero-order chi connectivity index (χ0) is 13.3. The van der Waals surface area contributed by atoms with Gasteiger partial charge in [-0.05, 0) is 46.8 Å². The minimum atomic E-state index is -3.62. The van der Waals surface area contributed by atoms with Crippen LogP contribution in [0.1, 0.15) is 12.8 Å². The van der Waals surface area contributed by atoms with Crippen molar-refractivity contribution in [3.63, 3.8) is 0 Å². The Hall–Kier alpha value is -0.140. The van der Waals surface area contributed by atoms with E-state index in [0.717, 1.165) is 12.8 Å². The number of nitrogens with one attached hydrogen (secondary N) is 1. The van der Waals surface area contributed by atoms with E-state index < -0.39 is 10.0 Å².